The molecule has 0 aliphatic heterocycles. The van der Waals surface area contributed by atoms with Gasteiger partial charge in [0.1, 0.15) is 0 Å². The highest BCUT2D eigenvalue weighted by molar-refractivity contribution is 5.87. The van der Waals surface area contributed by atoms with Crippen molar-refractivity contribution in [2.24, 2.45) is 11.5 Å². The van der Waals surface area contributed by atoms with Crippen LogP contribution in [0.3, 0.4) is 0 Å². The van der Waals surface area contributed by atoms with Crippen molar-refractivity contribution in [3.05, 3.63) is 35.4 Å². The monoisotopic (exact) mass is 263 g/mol. The Kier molecular flexibility index (Phi) is 5.51. The van der Waals surface area contributed by atoms with Gasteiger partial charge < -0.3 is 16.8 Å². The zero-order valence-electron chi connectivity index (χ0n) is 11.3. The van der Waals surface area contributed by atoms with Crippen LogP contribution >= 0.6 is 0 Å². The molecule has 0 aromatic heterocycles. The van der Waals surface area contributed by atoms with E-state index in [9.17, 15) is 9.59 Å². The highest BCUT2D eigenvalue weighted by atomic mass is 16.2. The molecule has 104 valence electrons. The number of amides is 2. The lowest BCUT2D eigenvalue weighted by Crippen LogP contribution is -2.42. The molecule has 1 atom stereocenters. The topological polar surface area (TPSA) is 98.2 Å². The molecule has 0 radical (unpaired) electrons. The van der Waals surface area contributed by atoms with E-state index in [0.29, 0.717) is 12.5 Å². The number of nitrogens with two attached hydrogens (primary N) is 2. The van der Waals surface area contributed by atoms with Crippen molar-refractivity contribution in [3.8, 4) is 0 Å². The van der Waals surface area contributed by atoms with E-state index in [1.807, 2.05) is 24.3 Å². The predicted octanol–water partition coefficient (Wildman–Crippen LogP) is 0.629. The fourth-order valence-corrected chi connectivity index (χ4v) is 1.65. The number of hydrogen-bond acceptors (Lipinski definition) is 3. The summed E-state index contributed by atoms with van der Waals surface area (Å²) in [7, 11) is 0. The molecule has 1 aromatic rings. The molecule has 19 heavy (non-hydrogen) atoms. The van der Waals surface area contributed by atoms with Gasteiger partial charge in [0.05, 0.1) is 12.5 Å². The second-order valence-electron chi connectivity index (χ2n) is 4.89. The van der Waals surface area contributed by atoms with Gasteiger partial charge in [0.15, 0.2) is 0 Å². The highest BCUT2D eigenvalue weighted by Crippen LogP contribution is 2.14. The zero-order valence-corrected chi connectivity index (χ0v) is 11.3. The maximum absolute atomic E-state index is 11.6. The summed E-state index contributed by atoms with van der Waals surface area (Å²) in [5.74, 6) is -0.469. The van der Waals surface area contributed by atoms with Crippen molar-refractivity contribution in [2.75, 3.05) is 0 Å². The second-order valence-corrected chi connectivity index (χ2v) is 4.89. The van der Waals surface area contributed by atoms with Crippen molar-refractivity contribution < 1.29 is 9.59 Å². The molecule has 5 N–H and O–H groups in total. The zero-order chi connectivity index (χ0) is 14.4. The van der Waals surface area contributed by atoms with Crippen molar-refractivity contribution in [3.63, 3.8) is 0 Å². The van der Waals surface area contributed by atoms with Crippen LogP contribution < -0.4 is 16.8 Å². The number of carbonyl (C=O) groups is 2. The number of rotatable bonds is 6. The Hall–Kier alpha value is -1.88. The number of benzene rings is 1. The fourth-order valence-electron chi connectivity index (χ4n) is 1.65. The molecule has 0 spiro atoms. The largest absolute Gasteiger partial charge is 0.370 e. The SMILES string of the molecule is CC(C)c1ccc(CNC(=O)C(N)CC(N)=O)cc1. The standard InChI is InChI=1S/C14H21N3O2/c1-9(2)11-5-3-10(4-6-11)8-17-14(19)12(15)7-13(16)18/h3-6,9,12H,7-8,15H2,1-2H3,(H2,16,18)(H,17,19). The van der Waals surface area contributed by atoms with E-state index in [4.69, 9.17) is 11.5 Å². The second kappa shape index (κ2) is 6.89. The van der Waals surface area contributed by atoms with Crippen LogP contribution in [0.5, 0.6) is 0 Å². The van der Waals surface area contributed by atoms with Gasteiger partial charge in [-0.1, -0.05) is 38.1 Å². The van der Waals surface area contributed by atoms with Gasteiger partial charge >= 0.3 is 0 Å². The molecular formula is C14H21N3O2. The highest BCUT2D eigenvalue weighted by Gasteiger charge is 2.15. The lowest BCUT2D eigenvalue weighted by Gasteiger charge is -2.11. The van der Waals surface area contributed by atoms with Crippen LogP contribution in [0.15, 0.2) is 24.3 Å². The van der Waals surface area contributed by atoms with E-state index in [2.05, 4.69) is 19.2 Å². The van der Waals surface area contributed by atoms with Crippen molar-refractivity contribution >= 4 is 11.8 Å². The molecule has 0 aliphatic rings. The van der Waals surface area contributed by atoms with Crippen molar-refractivity contribution in [2.45, 2.75) is 38.8 Å². The first-order valence-electron chi connectivity index (χ1n) is 6.30. The van der Waals surface area contributed by atoms with Crippen LogP contribution in [-0.4, -0.2) is 17.9 Å². The Morgan fingerprint density at radius 2 is 1.79 bits per heavy atom. The van der Waals surface area contributed by atoms with Crippen molar-refractivity contribution in [1.82, 2.24) is 5.32 Å². The Morgan fingerprint density at radius 1 is 1.21 bits per heavy atom. The molecule has 5 nitrogen and oxygen atoms in total. The first-order chi connectivity index (χ1) is 8.90. The summed E-state index contributed by atoms with van der Waals surface area (Å²) in [6, 6.07) is 7.13. The molecule has 2 amide bonds. The summed E-state index contributed by atoms with van der Waals surface area (Å²) in [5, 5.41) is 2.68. The smallest absolute Gasteiger partial charge is 0.237 e. The summed E-state index contributed by atoms with van der Waals surface area (Å²) >= 11 is 0. The Bertz CT molecular complexity index is 441. The average molecular weight is 263 g/mol. The number of hydrogen-bond donors (Lipinski definition) is 3. The van der Waals surface area contributed by atoms with Gasteiger partial charge in [-0.2, -0.15) is 0 Å². The number of primary amides is 1. The molecule has 5 heteroatoms. The number of nitrogens with one attached hydrogen (secondary N) is 1. The molecule has 0 saturated heterocycles. The van der Waals surface area contributed by atoms with Crippen LogP contribution in [0.25, 0.3) is 0 Å². The summed E-state index contributed by atoms with van der Waals surface area (Å²) in [6.45, 7) is 4.64. The summed E-state index contributed by atoms with van der Waals surface area (Å²) in [6.07, 6.45) is -0.141. The minimum atomic E-state index is -0.882. The molecule has 1 rings (SSSR count). The maximum Gasteiger partial charge on any atom is 0.237 e. The molecule has 0 fully saturated rings. The van der Waals surface area contributed by atoms with E-state index >= 15 is 0 Å². The number of carbonyl (C=O) groups excluding carboxylic acids is 2. The lowest BCUT2D eigenvalue weighted by molar-refractivity contribution is -0.126. The van der Waals surface area contributed by atoms with E-state index < -0.39 is 11.9 Å². The average Bonchev–Trinajstić information content (AvgIpc) is 2.35. The van der Waals surface area contributed by atoms with E-state index in [1.54, 1.807) is 0 Å². The molecule has 0 heterocycles. The summed E-state index contributed by atoms with van der Waals surface area (Å²) in [4.78, 5) is 22.2. The Balaban J connectivity index is 2.48. The Labute approximate surface area is 113 Å². The van der Waals surface area contributed by atoms with E-state index in [-0.39, 0.29) is 12.3 Å². The molecule has 1 unspecified atom stereocenters. The van der Waals surface area contributed by atoms with Gasteiger partial charge in [0.25, 0.3) is 0 Å². The van der Waals surface area contributed by atoms with Gasteiger partial charge in [0, 0.05) is 6.54 Å². The lowest BCUT2D eigenvalue weighted by atomic mass is 10.0. The van der Waals surface area contributed by atoms with Crippen LogP contribution in [0.1, 0.15) is 37.3 Å². The first-order valence-corrected chi connectivity index (χ1v) is 6.30. The van der Waals surface area contributed by atoms with Gasteiger partial charge in [-0.05, 0) is 17.0 Å². The van der Waals surface area contributed by atoms with Gasteiger partial charge in [-0.3, -0.25) is 9.59 Å². The molecule has 0 saturated carbocycles. The van der Waals surface area contributed by atoms with Gasteiger partial charge in [0.2, 0.25) is 11.8 Å². The maximum atomic E-state index is 11.6. The van der Waals surface area contributed by atoms with E-state index in [0.717, 1.165) is 5.56 Å². The van der Waals surface area contributed by atoms with Gasteiger partial charge in [-0.25, -0.2) is 0 Å². The quantitative estimate of drug-likeness (QED) is 0.702. The van der Waals surface area contributed by atoms with Gasteiger partial charge in [-0.15, -0.1) is 0 Å². The third kappa shape index (κ3) is 5.09. The van der Waals surface area contributed by atoms with E-state index in [1.165, 1.54) is 5.56 Å². The minimum Gasteiger partial charge on any atom is -0.370 e. The molecular weight excluding hydrogens is 242 g/mol. The predicted molar refractivity (Wildman–Crippen MR) is 74.2 cm³/mol. The van der Waals surface area contributed by atoms with Crippen LogP contribution in [0.4, 0.5) is 0 Å². The molecule has 1 aromatic carbocycles. The fraction of sp³-hybridized carbons (Fsp3) is 0.429. The third-order valence-electron chi connectivity index (χ3n) is 2.87. The van der Waals surface area contributed by atoms with Crippen molar-refractivity contribution in [1.29, 1.82) is 0 Å². The Morgan fingerprint density at radius 3 is 2.26 bits per heavy atom. The van der Waals surface area contributed by atoms with Crippen LogP contribution in [0, 0.1) is 0 Å². The molecule has 0 bridgehead atoms. The van der Waals surface area contributed by atoms with Crippen LogP contribution in [-0.2, 0) is 16.1 Å². The summed E-state index contributed by atoms with van der Waals surface area (Å²) in [5.41, 5.74) is 12.8. The first kappa shape index (κ1) is 15.2. The van der Waals surface area contributed by atoms with Crippen LogP contribution in [0.2, 0.25) is 0 Å². The molecule has 0 aliphatic carbocycles. The summed E-state index contributed by atoms with van der Waals surface area (Å²) < 4.78 is 0. The third-order valence-corrected chi connectivity index (χ3v) is 2.87. The normalized spacial score (nSPS) is 12.2. The minimum absolute atomic E-state index is 0.141.